The number of carbonyl (C=O) groups is 1. The summed E-state index contributed by atoms with van der Waals surface area (Å²) in [7, 11) is 0. The first kappa shape index (κ1) is 20.8. The first-order valence-electron chi connectivity index (χ1n) is 9.35. The summed E-state index contributed by atoms with van der Waals surface area (Å²) in [6, 6.07) is 14.3. The van der Waals surface area contributed by atoms with Crippen LogP contribution in [0.5, 0.6) is 11.5 Å². The number of likely N-dealkylation sites (tertiary alicyclic amines) is 1. The van der Waals surface area contributed by atoms with Crippen molar-refractivity contribution in [2.75, 3.05) is 39.4 Å². The number of nitrogens with zero attached hydrogens (tertiary/aromatic N) is 1. The maximum atomic E-state index is 12.3. The van der Waals surface area contributed by atoms with E-state index in [9.17, 15) is 4.79 Å². The van der Waals surface area contributed by atoms with E-state index in [0.29, 0.717) is 28.3 Å². The van der Waals surface area contributed by atoms with E-state index < -0.39 is 0 Å². The Morgan fingerprint density at radius 2 is 1.61 bits per heavy atom. The van der Waals surface area contributed by atoms with Crippen LogP contribution >= 0.6 is 23.2 Å². The van der Waals surface area contributed by atoms with Crippen molar-refractivity contribution >= 4 is 29.1 Å². The Labute approximate surface area is 175 Å². The summed E-state index contributed by atoms with van der Waals surface area (Å²) in [5.74, 6) is 1.93. The summed E-state index contributed by atoms with van der Waals surface area (Å²) in [5, 5.41) is 4.74. The van der Waals surface area contributed by atoms with Crippen molar-refractivity contribution in [2.45, 2.75) is 6.42 Å². The van der Waals surface area contributed by atoms with Gasteiger partial charge in [-0.05, 0) is 67.4 Å². The van der Waals surface area contributed by atoms with Crippen LogP contribution in [0.3, 0.4) is 0 Å². The molecule has 150 valence electrons. The topological polar surface area (TPSA) is 50.8 Å². The lowest BCUT2D eigenvalue weighted by atomic mass is 10.1. The lowest BCUT2D eigenvalue weighted by Gasteiger charge is -2.17. The first-order chi connectivity index (χ1) is 13.6. The molecular formula is C21H24Cl2N2O3. The monoisotopic (exact) mass is 422 g/mol. The number of rotatable bonds is 9. The zero-order chi connectivity index (χ0) is 19.8. The van der Waals surface area contributed by atoms with E-state index in [1.807, 2.05) is 29.2 Å². The Morgan fingerprint density at radius 1 is 1.00 bits per heavy atom. The predicted octanol–water partition coefficient (Wildman–Crippen LogP) is 3.89. The van der Waals surface area contributed by atoms with Gasteiger partial charge in [-0.25, -0.2) is 0 Å². The Kier molecular flexibility index (Phi) is 7.83. The third-order valence-corrected chi connectivity index (χ3v) is 5.11. The number of nitrogens with one attached hydrogen (secondary N) is 1. The summed E-state index contributed by atoms with van der Waals surface area (Å²) < 4.78 is 11.2. The second-order valence-corrected chi connectivity index (χ2v) is 7.62. The van der Waals surface area contributed by atoms with Crippen molar-refractivity contribution in [3.63, 3.8) is 0 Å². The lowest BCUT2D eigenvalue weighted by molar-refractivity contribution is -0.132. The number of hydrogen-bond donors (Lipinski definition) is 1. The van der Waals surface area contributed by atoms with E-state index in [2.05, 4.69) is 5.32 Å². The molecule has 1 fully saturated rings. The molecule has 0 bridgehead atoms. The summed E-state index contributed by atoms with van der Waals surface area (Å²) >= 11 is 11.7. The molecule has 1 unspecified atom stereocenters. The number of halogens is 2. The second kappa shape index (κ2) is 10.6. The van der Waals surface area contributed by atoms with E-state index in [4.69, 9.17) is 32.7 Å². The maximum absolute atomic E-state index is 12.3. The zero-order valence-corrected chi connectivity index (χ0v) is 17.1. The van der Waals surface area contributed by atoms with Gasteiger partial charge in [-0.3, -0.25) is 4.79 Å². The molecule has 28 heavy (non-hydrogen) atoms. The minimum atomic E-state index is 0.0171. The zero-order valence-electron chi connectivity index (χ0n) is 15.6. The van der Waals surface area contributed by atoms with Gasteiger partial charge in [-0.15, -0.1) is 0 Å². The van der Waals surface area contributed by atoms with Crippen molar-refractivity contribution in [2.24, 2.45) is 5.92 Å². The number of amides is 1. The van der Waals surface area contributed by atoms with Crippen LogP contribution in [-0.2, 0) is 4.79 Å². The average molecular weight is 423 g/mol. The molecule has 1 saturated heterocycles. The molecule has 3 rings (SSSR count). The van der Waals surface area contributed by atoms with Crippen LogP contribution in [0.2, 0.25) is 10.0 Å². The molecule has 0 aliphatic carbocycles. The molecule has 1 aliphatic rings. The van der Waals surface area contributed by atoms with Gasteiger partial charge in [0, 0.05) is 29.7 Å². The highest BCUT2D eigenvalue weighted by atomic mass is 35.5. The third-order valence-electron chi connectivity index (χ3n) is 4.61. The van der Waals surface area contributed by atoms with Crippen LogP contribution in [-0.4, -0.2) is 50.2 Å². The standard InChI is InChI=1S/C21H24Cl2N2O3/c22-17-1-5-19(6-2-17)27-12-10-24-13-16-9-11-25(14-16)21(26)15-28-20-7-3-18(23)4-8-20/h1-8,16,24H,9-15H2. The average Bonchev–Trinajstić information content (AvgIpc) is 3.17. The SMILES string of the molecule is O=C(COc1ccc(Cl)cc1)N1CCC(CNCCOc2ccc(Cl)cc2)C1. The van der Waals surface area contributed by atoms with Crippen molar-refractivity contribution in [1.82, 2.24) is 10.2 Å². The molecule has 5 nitrogen and oxygen atoms in total. The molecule has 2 aromatic carbocycles. The summed E-state index contributed by atoms with van der Waals surface area (Å²) in [5.41, 5.74) is 0. The molecule has 0 saturated carbocycles. The smallest absolute Gasteiger partial charge is 0.260 e. The van der Waals surface area contributed by atoms with Crippen LogP contribution in [0.25, 0.3) is 0 Å². The van der Waals surface area contributed by atoms with Gasteiger partial charge in [0.25, 0.3) is 5.91 Å². The van der Waals surface area contributed by atoms with Gasteiger partial charge in [-0.1, -0.05) is 23.2 Å². The van der Waals surface area contributed by atoms with Crippen LogP contribution in [0.15, 0.2) is 48.5 Å². The Morgan fingerprint density at radius 3 is 2.25 bits per heavy atom. The van der Waals surface area contributed by atoms with Gasteiger partial charge in [0.1, 0.15) is 18.1 Å². The first-order valence-corrected chi connectivity index (χ1v) is 10.1. The fourth-order valence-corrected chi connectivity index (χ4v) is 3.32. The van der Waals surface area contributed by atoms with Gasteiger partial charge >= 0.3 is 0 Å². The van der Waals surface area contributed by atoms with Crippen LogP contribution in [0.1, 0.15) is 6.42 Å². The molecular weight excluding hydrogens is 399 g/mol. The normalized spacial score (nSPS) is 16.2. The van der Waals surface area contributed by atoms with Crippen LogP contribution in [0, 0.1) is 5.92 Å². The lowest BCUT2D eigenvalue weighted by Crippen LogP contribution is -2.34. The molecule has 2 aromatic rings. The van der Waals surface area contributed by atoms with Crippen molar-refractivity contribution < 1.29 is 14.3 Å². The van der Waals surface area contributed by atoms with Crippen molar-refractivity contribution in [1.29, 1.82) is 0 Å². The molecule has 0 radical (unpaired) electrons. The third kappa shape index (κ3) is 6.59. The number of carbonyl (C=O) groups excluding carboxylic acids is 1. The van der Waals surface area contributed by atoms with Crippen LogP contribution in [0.4, 0.5) is 0 Å². The van der Waals surface area contributed by atoms with E-state index in [1.165, 1.54) is 0 Å². The van der Waals surface area contributed by atoms with Crippen LogP contribution < -0.4 is 14.8 Å². The Bertz CT molecular complexity index is 753. The van der Waals surface area contributed by atoms with E-state index in [0.717, 1.165) is 38.3 Å². The van der Waals surface area contributed by atoms with Gasteiger partial charge in [0.05, 0.1) is 0 Å². The molecule has 1 atom stereocenters. The molecule has 1 aliphatic heterocycles. The van der Waals surface area contributed by atoms with Gasteiger partial charge in [0.2, 0.25) is 0 Å². The fourth-order valence-electron chi connectivity index (χ4n) is 3.07. The minimum absolute atomic E-state index is 0.0171. The molecule has 1 N–H and O–H groups in total. The summed E-state index contributed by atoms with van der Waals surface area (Å²) in [6.07, 6.45) is 0.998. The van der Waals surface area contributed by atoms with Gasteiger partial charge in [0.15, 0.2) is 6.61 Å². The minimum Gasteiger partial charge on any atom is -0.492 e. The summed E-state index contributed by atoms with van der Waals surface area (Å²) in [4.78, 5) is 14.2. The second-order valence-electron chi connectivity index (χ2n) is 6.74. The van der Waals surface area contributed by atoms with E-state index in [1.54, 1.807) is 24.3 Å². The highest BCUT2D eigenvalue weighted by molar-refractivity contribution is 6.30. The van der Waals surface area contributed by atoms with Gasteiger partial charge in [-0.2, -0.15) is 0 Å². The number of hydrogen-bond acceptors (Lipinski definition) is 4. The molecule has 7 heteroatoms. The maximum Gasteiger partial charge on any atom is 0.260 e. The Balaban J connectivity index is 1.28. The molecule has 1 amide bonds. The summed E-state index contributed by atoms with van der Waals surface area (Å²) in [6.45, 7) is 3.80. The highest BCUT2D eigenvalue weighted by Crippen LogP contribution is 2.18. The molecule has 0 aromatic heterocycles. The fraction of sp³-hybridized carbons (Fsp3) is 0.381. The Hall–Kier alpha value is -1.95. The van der Waals surface area contributed by atoms with Crippen molar-refractivity contribution in [3.8, 4) is 11.5 Å². The molecule has 0 spiro atoms. The number of benzene rings is 2. The predicted molar refractivity (Wildman–Crippen MR) is 111 cm³/mol. The van der Waals surface area contributed by atoms with E-state index >= 15 is 0 Å². The number of ether oxygens (including phenoxy) is 2. The van der Waals surface area contributed by atoms with Gasteiger partial charge < -0.3 is 19.7 Å². The molecule has 1 heterocycles. The largest absolute Gasteiger partial charge is 0.492 e. The quantitative estimate of drug-likeness (QED) is 0.622. The van der Waals surface area contributed by atoms with E-state index in [-0.39, 0.29) is 12.5 Å². The van der Waals surface area contributed by atoms with Crippen molar-refractivity contribution in [3.05, 3.63) is 58.6 Å². The highest BCUT2D eigenvalue weighted by Gasteiger charge is 2.26.